The maximum Gasteiger partial charge on any atom is 0.324 e. The third-order valence-electron chi connectivity index (χ3n) is 3.04. The van der Waals surface area contributed by atoms with Gasteiger partial charge in [0.25, 0.3) is 0 Å². The second-order valence-electron chi connectivity index (χ2n) is 4.59. The SMILES string of the molecule is CC(=O)N1CCCN(C(=O)NC(=O)CCC(=O)O)CC1. The second-order valence-corrected chi connectivity index (χ2v) is 4.59. The van der Waals surface area contributed by atoms with Gasteiger partial charge in [0.15, 0.2) is 0 Å². The third kappa shape index (κ3) is 5.25. The highest BCUT2D eigenvalue weighted by Crippen LogP contribution is 2.04. The number of hydrogen-bond acceptors (Lipinski definition) is 4. The van der Waals surface area contributed by atoms with E-state index < -0.39 is 17.9 Å². The molecule has 8 nitrogen and oxygen atoms in total. The minimum absolute atomic E-state index is 0.0372. The number of urea groups is 1. The molecule has 0 aromatic heterocycles. The van der Waals surface area contributed by atoms with Gasteiger partial charge in [-0.2, -0.15) is 0 Å². The number of nitrogens with zero attached hydrogens (tertiary/aromatic N) is 2. The summed E-state index contributed by atoms with van der Waals surface area (Å²) in [5.74, 6) is -1.73. The molecule has 0 aromatic carbocycles. The Hall–Kier alpha value is -2.12. The van der Waals surface area contributed by atoms with Crippen molar-refractivity contribution in [2.45, 2.75) is 26.2 Å². The summed E-state index contributed by atoms with van der Waals surface area (Å²) >= 11 is 0. The van der Waals surface area contributed by atoms with Crippen LogP contribution in [0.15, 0.2) is 0 Å². The van der Waals surface area contributed by atoms with Crippen molar-refractivity contribution in [3.05, 3.63) is 0 Å². The molecule has 2 N–H and O–H groups in total. The average molecular weight is 285 g/mol. The Morgan fingerprint density at radius 1 is 1.00 bits per heavy atom. The van der Waals surface area contributed by atoms with Crippen LogP contribution in [0, 0.1) is 0 Å². The van der Waals surface area contributed by atoms with Crippen LogP contribution < -0.4 is 5.32 Å². The van der Waals surface area contributed by atoms with Crippen LogP contribution in [-0.4, -0.2) is 64.9 Å². The van der Waals surface area contributed by atoms with E-state index in [1.807, 2.05) is 0 Å². The summed E-state index contributed by atoms with van der Waals surface area (Å²) in [4.78, 5) is 47.9. The van der Waals surface area contributed by atoms with Crippen molar-refractivity contribution in [3.63, 3.8) is 0 Å². The molecule has 0 unspecified atom stereocenters. The summed E-state index contributed by atoms with van der Waals surface area (Å²) < 4.78 is 0. The molecular weight excluding hydrogens is 266 g/mol. The van der Waals surface area contributed by atoms with Crippen LogP contribution >= 0.6 is 0 Å². The first-order chi connectivity index (χ1) is 9.40. The van der Waals surface area contributed by atoms with Crippen LogP contribution in [0.3, 0.4) is 0 Å². The first-order valence-electron chi connectivity index (χ1n) is 6.46. The molecule has 112 valence electrons. The molecule has 0 aromatic rings. The lowest BCUT2D eigenvalue weighted by Gasteiger charge is -2.21. The summed E-state index contributed by atoms with van der Waals surface area (Å²) in [5.41, 5.74) is 0. The number of aliphatic carboxylic acids is 1. The minimum Gasteiger partial charge on any atom is -0.481 e. The molecule has 1 heterocycles. The molecule has 1 rings (SSSR count). The van der Waals surface area contributed by atoms with Gasteiger partial charge >= 0.3 is 12.0 Å². The van der Waals surface area contributed by atoms with Gasteiger partial charge in [-0.25, -0.2) is 4.79 Å². The molecule has 0 aliphatic carbocycles. The third-order valence-corrected chi connectivity index (χ3v) is 3.04. The maximum absolute atomic E-state index is 11.8. The van der Waals surface area contributed by atoms with Gasteiger partial charge in [-0.15, -0.1) is 0 Å². The van der Waals surface area contributed by atoms with E-state index in [1.165, 1.54) is 11.8 Å². The predicted octanol–water partition coefficient (Wildman–Crippen LogP) is -0.358. The van der Waals surface area contributed by atoms with Gasteiger partial charge in [-0.3, -0.25) is 19.7 Å². The molecule has 0 radical (unpaired) electrons. The molecule has 0 saturated carbocycles. The molecule has 0 atom stereocenters. The Bertz CT molecular complexity index is 410. The van der Waals surface area contributed by atoms with Crippen LogP contribution in [0.1, 0.15) is 26.2 Å². The van der Waals surface area contributed by atoms with Crippen LogP contribution in [0.4, 0.5) is 4.79 Å². The number of imide groups is 1. The van der Waals surface area contributed by atoms with Crippen molar-refractivity contribution < 1.29 is 24.3 Å². The molecule has 1 fully saturated rings. The maximum atomic E-state index is 11.8. The lowest BCUT2D eigenvalue weighted by molar-refractivity contribution is -0.138. The van der Waals surface area contributed by atoms with Crippen molar-refractivity contribution in [3.8, 4) is 0 Å². The van der Waals surface area contributed by atoms with E-state index in [1.54, 1.807) is 4.90 Å². The highest BCUT2D eigenvalue weighted by atomic mass is 16.4. The summed E-state index contributed by atoms with van der Waals surface area (Å²) in [6.45, 7) is 3.32. The van der Waals surface area contributed by atoms with E-state index >= 15 is 0 Å². The molecule has 1 aliphatic rings. The van der Waals surface area contributed by atoms with Crippen molar-refractivity contribution in [1.29, 1.82) is 0 Å². The largest absolute Gasteiger partial charge is 0.481 e. The van der Waals surface area contributed by atoms with Crippen molar-refractivity contribution >= 4 is 23.8 Å². The van der Waals surface area contributed by atoms with E-state index in [2.05, 4.69) is 5.32 Å². The monoisotopic (exact) mass is 285 g/mol. The number of hydrogen-bond donors (Lipinski definition) is 2. The molecule has 1 aliphatic heterocycles. The number of carbonyl (C=O) groups excluding carboxylic acids is 3. The lowest BCUT2D eigenvalue weighted by Crippen LogP contribution is -2.44. The van der Waals surface area contributed by atoms with Gasteiger partial charge in [0.2, 0.25) is 11.8 Å². The number of carbonyl (C=O) groups is 4. The zero-order valence-electron chi connectivity index (χ0n) is 11.4. The number of amides is 4. The Morgan fingerprint density at radius 2 is 1.60 bits per heavy atom. The van der Waals surface area contributed by atoms with E-state index in [4.69, 9.17) is 5.11 Å². The average Bonchev–Trinajstić information content (AvgIpc) is 2.62. The predicted molar refractivity (Wildman–Crippen MR) is 68.9 cm³/mol. The van der Waals surface area contributed by atoms with Crippen molar-refractivity contribution in [1.82, 2.24) is 15.1 Å². The molecule has 1 saturated heterocycles. The van der Waals surface area contributed by atoms with Gasteiger partial charge < -0.3 is 14.9 Å². The van der Waals surface area contributed by atoms with Gasteiger partial charge in [0.05, 0.1) is 6.42 Å². The van der Waals surface area contributed by atoms with E-state index in [0.717, 1.165) is 0 Å². The standard InChI is InChI=1S/C12H19N3O5/c1-9(16)14-5-2-6-15(8-7-14)12(20)13-10(17)3-4-11(18)19/h2-8H2,1H3,(H,18,19)(H,13,17,20). The van der Waals surface area contributed by atoms with Crippen LogP contribution in [0.25, 0.3) is 0 Å². The van der Waals surface area contributed by atoms with Gasteiger partial charge in [0, 0.05) is 39.5 Å². The highest BCUT2D eigenvalue weighted by molar-refractivity contribution is 5.95. The smallest absolute Gasteiger partial charge is 0.324 e. The van der Waals surface area contributed by atoms with Crippen LogP contribution in [-0.2, 0) is 14.4 Å². The van der Waals surface area contributed by atoms with Crippen molar-refractivity contribution in [2.24, 2.45) is 0 Å². The molecule has 8 heteroatoms. The van der Waals surface area contributed by atoms with Gasteiger partial charge in [0.1, 0.15) is 0 Å². The van der Waals surface area contributed by atoms with Crippen LogP contribution in [0.2, 0.25) is 0 Å². The molecular formula is C12H19N3O5. The fraction of sp³-hybridized carbons (Fsp3) is 0.667. The lowest BCUT2D eigenvalue weighted by atomic mass is 10.3. The number of rotatable bonds is 3. The first kappa shape index (κ1) is 15.9. The topological polar surface area (TPSA) is 107 Å². The fourth-order valence-electron chi connectivity index (χ4n) is 1.92. The molecule has 0 spiro atoms. The summed E-state index contributed by atoms with van der Waals surface area (Å²) in [7, 11) is 0. The number of carboxylic acids is 1. The highest BCUT2D eigenvalue weighted by Gasteiger charge is 2.21. The van der Waals surface area contributed by atoms with Gasteiger partial charge in [-0.1, -0.05) is 0 Å². The zero-order chi connectivity index (χ0) is 15.1. The number of nitrogens with one attached hydrogen (secondary N) is 1. The molecule has 0 bridgehead atoms. The summed E-state index contributed by atoms with van der Waals surface area (Å²) in [5, 5.41) is 10.6. The Kier molecular flexibility index (Phi) is 5.95. The van der Waals surface area contributed by atoms with Crippen LogP contribution in [0.5, 0.6) is 0 Å². The molecule has 20 heavy (non-hydrogen) atoms. The van der Waals surface area contributed by atoms with E-state index in [-0.39, 0.29) is 18.7 Å². The second kappa shape index (κ2) is 7.46. The quantitative estimate of drug-likeness (QED) is 0.736. The Balaban J connectivity index is 2.41. The van der Waals surface area contributed by atoms with E-state index in [0.29, 0.717) is 32.6 Å². The normalized spacial score (nSPS) is 15.4. The minimum atomic E-state index is -1.08. The Morgan fingerprint density at radius 3 is 2.20 bits per heavy atom. The fourth-order valence-corrected chi connectivity index (χ4v) is 1.92. The summed E-state index contributed by atoms with van der Waals surface area (Å²) in [6, 6.07) is -0.536. The first-order valence-corrected chi connectivity index (χ1v) is 6.46. The zero-order valence-corrected chi connectivity index (χ0v) is 11.4. The number of carboxylic acid groups (broad SMARTS) is 1. The van der Waals surface area contributed by atoms with Gasteiger partial charge in [-0.05, 0) is 6.42 Å². The van der Waals surface area contributed by atoms with E-state index in [9.17, 15) is 19.2 Å². The Labute approximate surface area is 116 Å². The summed E-state index contributed by atoms with van der Waals surface area (Å²) in [6.07, 6.45) is 0.113. The molecule has 4 amide bonds. The van der Waals surface area contributed by atoms with Crippen molar-refractivity contribution in [2.75, 3.05) is 26.2 Å².